The van der Waals surface area contributed by atoms with Crippen LogP contribution in [0.25, 0.3) is 0 Å². The monoisotopic (exact) mass is 632 g/mol. The highest BCUT2D eigenvalue weighted by atomic mass is 35.5. The van der Waals surface area contributed by atoms with Crippen LogP contribution in [0, 0.1) is 0 Å². The third-order valence-corrected chi connectivity index (χ3v) is 7.58. The summed E-state index contributed by atoms with van der Waals surface area (Å²) in [6.45, 7) is 25.2. The third kappa shape index (κ3) is 9.54. The number of halogens is 2. The number of carbonyl (C=O) groups excluding carboxylic acids is 1. The van der Waals surface area contributed by atoms with Crippen molar-refractivity contribution >= 4 is 40.5 Å². The number of anilines is 2. The molecule has 1 saturated carbocycles. The number of fused-ring (bicyclic) bond motifs is 1. The van der Waals surface area contributed by atoms with Gasteiger partial charge in [-0.25, -0.2) is 0 Å². The fourth-order valence-corrected chi connectivity index (χ4v) is 5.40. The zero-order valence-electron chi connectivity index (χ0n) is 27.9. The van der Waals surface area contributed by atoms with Gasteiger partial charge in [0, 0.05) is 34.7 Å². The standard InChI is InChI=1S/C28H34Cl2N4O2.C3H8.2C2H6/c1-19(31-27(2,3)4)32-17-28(18-32,36-16-20-15-21(29)9-12-23(20)30)26(35)34-14-13-33(22-10-11-22)24-7-5-6-8-25(24)34;1-3-2;2*1-2/h5-9,12,15,22,31H,1,10-11,13-14,16-18H2,2-4H3;3H2,1-2H3;2*1-2H3. The van der Waals surface area contributed by atoms with E-state index in [-0.39, 0.29) is 18.1 Å². The molecular weight excluding hydrogens is 579 g/mol. The predicted molar refractivity (Wildman–Crippen MR) is 185 cm³/mol. The molecule has 1 amide bonds. The Morgan fingerprint density at radius 3 is 2.14 bits per heavy atom. The lowest BCUT2D eigenvalue weighted by molar-refractivity contribution is -0.171. The van der Waals surface area contributed by atoms with E-state index in [1.807, 2.05) is 50.8 Å². The summed E-state index contributed by atoms with van der Waals surface area (Å²) in [7, 11) is 0. The summed E-state index contributed by atoms with van der Waals surface area (Å²) < 4.78 is 6.46. The first-order valence-electron chi connectivity index (χ1n) is 16.0. The van der Waals surface area contributed by atoms with Gasteiger partial charge in [-0.2, -0.15) is 0 Å². The van der Waals surface area contributed by atoms with Gasteiger partial charge < -0.3 is 24.8 Å². The molecule has 43 heavy (non-hydrogen) atoms. The number of nitrogens with one attached hydrogen (secondary N) is 1. The summed E-state index contributed by atoms with van der Waals surface area (Å²) in [6, 6.07) is 14.1. The maximum atomic E-state index is 14.2. The number of carbonyl (C=O) groups is 1. The second kappa shape index (κ2) is 16.6. The molecule has 2 fully saturated rings. The van der Waals surface area contributed by atoms with Crippen molar-refractivity contribution in [2.24, 2.45) is 0 Å². The van der Waals surface area contributed by atoms with Gasteiger partial charge in [0.25, 0.3) is 5.91 Å². The molecule has 2 heterocycles. The van der Waals surface area contributed by atoms with Crippen LogP contribution in [-0.4, -0.2) is 54.2 Å². The Hall–Kier alpha value is -2.41. The molecule has 0 atom stereocenters. The number of hydrogen-bond donors (Lipinski definition) is 1. The number of hydrogen-bond acceptors (Lipinski definition) is 5. The van der Waals surface area contributed by atoms with E-state index in [2.05, 4.69) is 62.4 Å². The van der Waals surface area contributed by atoms with Gasteiger partial charge in [-0.1, -0.05) is 89.9 Å². The van der Waals surface area contributed by atoms with Gasteiger partial charge in [-0.05, 0) is 69.5 Å². The van der Waals surface area contributed by atoms with E-state index in [0.29, 0.717) is 35.7 Å². The zero-order chi connectivity index (χ0) is 32.4. The van der Waals surface area contributed by atoms with Crippen molar-refractivity contribution in [3.8, 4) is 0 Å². The van der Waals surface area contributed by atoms with Gasteiger partial charge in [0.1, 0.15) is 0 Å². The van der Waals surface area contributed by atoms with Crippen molar-refractivity contribution in [2.45, 2.75) is 105 Å². The largest absolute Gasteiger partial charge is 0.368 e. The van der Waals surface area contributed by atoms with E-state index < -0.39 is 5.60 Å². The molecule has 1 N–H and O–H groups in total. The van der Waals surface area contributed by atoms with E-state index in [0.717, 1.165) is 29.3 Å². The molecule has 8 heteroatoms. The lowest BCUT2D eigenvalue weighted by atomic mass is 9.90. The first-order valence-corrected chi connectivity index (χ1v) is 16.7. The van der Waals surface area contributed by atoms with E-state index in [1.54, 1.807) is 18.2 Å². The zero-order valence-corrected chi connectivity index (χ0v) is 29.4. The van der Waals surface area contributed by atoms with Crippen molar-refractivity contribution in [1.82, 2.24) is 10.2 Å². The van der Waals surface area contributed by atoms with Crippen LogP contribution in [0.5, 0.6) is 0 Å². The highest BCUT2D eigenvalue weighted by molar-refractivity contribution is 6.33. The van der Waals surface area contributed by atoms with E-state index in [4.69, 9.17) is 27.9 Å². The number of nitrogens with zero attached hydrogens (tertiary/aromatic N) is 3. The summed E-state index contributed by atoms with van der Waals surface area (Å²) >= 11 is 12.6. The molecular formula is C35H54Cl2N4O2. The van der Waals surface area contributed by atoms with Crippen LogP contribution in [0.3, 0.4) is 0 Å². The average molecular weight is 634 g/mol. The molecule has 0 radical (unpaired) electrons. The molecule has 3 aliphatic rings. The Labute approximate surface area is 271 Å². The molecule has 2 aromatic carbocycles. The van der Waals surface area contributed by atoms with Crippen LogP contribution in [0.4, 0.5) is 11.4 Å². The molecule has 6 nitrogen and oxygen atoms in total. The van der Waals surface area contributed by atoms with E-state index in [9.17, 15) is 4.79 Å². The van der Waals surface area contributed by atoms with Crippen molar-refractivity contribution in [1.29, 1.82) is 0 Å². The number of ether oxygens (including phenoxy) is 1. The molecule has 240 valence electrons. The minimum absolute atomic E-state index is 0.0247. The van der Waals surface area contributed by atoms with Crippen molar-refractivity contribution in [3.05, 3.63) is 70.5 Å². The molecule has 1 saturated heterocycles. The average Bonchev–Trinajstić information content (AvgIpc) is 3.80. The Morgan fingerprint density at radius 1 is 1.00 bits per heavy atom. The predicted octanol–water partition coefficient (Wildman–Crippen LogP) is 8.91. The highest BCUT2D eigenvalue weighted by Crippen LogP contribution is 2.42. The third-order valence-electron chi connectivity index (χ3n) is 6.97. The fourth-order valence-electron chi connectivity index (χ4n) is 5.04. The van der Waals surface area contributed by atoms with Gasteiger partial charge in [0.05, 0.1) is 36.9 Å². The Balaban J connectivity index is 0.000000853. The van der Waals surface area contributed by atoms with Crippen LogP contribution in [0.15, 0.2) is 54.9 Å². The lowest BCUT2D eigenvalue weighted by Crippen LogP contribution is -2.71. The van der Waals surface area contributed by atoms with Gasteiger partial charge >= 0.3 is 0 Å². The van der Waals surface area contributed by atoms with Gasteiger partial charge in [-0.3, -0.25) is 4.79 Å². The summed E-state index contributed by atoms with van der Waals surface area (Å²) in [5.41, 5.74) is 1.70. The van der Waals surface area contributed by atoms with Crippen molar-refractivity contribution in [2.75, 3.05) is 36.0 Å². The smallest absolute Gasteiger partial charge is 0.263 e. The molecule has 0 unspecified atom stereocenters. The first-order chi connectivity index (χ1) is 20.5. The fraction of sp³-hybridized carbons (Fsp3) is 0.571. The number of rotatable bonds is 7. The van der Waals surface area contributed by atoms with Crippen LogP contribution in [0.2, 0.25) is 10.0 Å². The topological polar surface area (TPSA) is 48.1 Å². The Kier molecular flexibility index (Phi) is 14.2. The number of amides is 1. The second-order valence-corrected chi connectivity index (χ2v) is 12.6. The van der Waals surface area contributed by atoms with Crippen molar-refractivity contribution in [3.63, 3.8) is 0 Å². The number of likely N-dealkylation sites (tertiary alicyclic amines) is 1. The minimum Gasteiger partial charge on any atom is -0.368 e. The van der Waals surface area contributed by atoms with Crippen LogP contribution < -0.4 is 15.1 Å². The minimum atomic E-state index is -1.01. The molecule has 5 rings (SSSR count). The normalized spacial score (nSPS) is 16.6. The van der Waals surface area contributed by atoms with Gasteiger partial charge in [-0.15, -0.1) is 0 Å². The quantitative estimate of drug-likeness (QED) is 0.330. The maximum Gasteiger partial charge on any atom is 0.263 e. The highest BCUT2D eigenvalue weighted by Gasteiger charge is 2.54. The molecule has 0 bridgehead atoms. The molecule has 1 aliphatic carbocycles. The van der Waals surface area contributed by atoms with Gasteiger partial charge in [0.15, 0.2) is 5.60 Å². The number of para-hydroxylation sites is 2. The van der Waals surface area contributed by atoms with Gasteiger partial charge in [0.2, 0.25) is 0 Å². The van der Waals surface area contributed by atoms with Crippen LogP contribution >= 0.6 is 23.2 Å². The second-order valence-electron chi connectivity index (χ2n) is 11.8. The summed E-state index contributed by atoms with van der Waals surface area (Å²) in [5.74, 6) is 0.762. The van der Waals surface area contributed by atoms with E-state index >= 15 is 0 Å². The lowest BCUT2D eigenvalue weighted by Gasteiger charge is -2.53. The van der Waals surface area contributed by atoms with Crippen molar-refractivity contribution < 1.29 is 9.53 Å². The molecule has 2 aliphatic heterocycles. The molecule has 2 aromatic rings. The molecule has 0 spiro atoms. The summed E-state index contributed by atoms with van der Waals surface area (Å²) in [6.07, 6.45) is 3.68. The number of benzene rings is 2. The SMILES string of the molecule is C=C(NC(C)(C)C)N1CC(OCc2cc(Cl)ccc2Cl)(C(=O)N2CCN(C3CC3)c3ccccc32)C1.CC.CC.CCC. The molecule has 0 aromatic heterocycles. The first kappa shape index (κ1) is 36.8. The van der Waals surface area contributed by atoms with E-state index in [1.165, 1.54) is 19.3 Å². The van der Waals surface area contributed by atoms with Crippen LogP contribution in [0.1, 0.15) is 87.1 Å². The summed E-state index contributed by atoms with van der Waals surface area (Å²) in [5, 5.41) is 4.57. The Bertz CT molecular complexity index is 1190. The van der Waals surface area contributed by atoms with Crippen LogP contribution in [-0.2, 0) is 16.1 Å². The Morgan fingerprint density at radius 2 is 1.58 bits per heavy atom. The maximum absolute atomic E-state index is 14.2. The summed E-state index contributed by atoms with van der Waals surface area (Å²) in [4.78, 5) is 20.6.